The normalized spacial score (nSPS) is 12.5. The molecule has 2 aromatic carbocycles. The summed E-state index contributed by atoms with van der Waals surface area (Å²) in [4.78, 5) is 0. The van der Waals surface area contributed by atoms with E-state index in [0.29, 0.717) is 41.7 Å². The Kier molecular flexibility index (Phi) is 3.52. The molecule has 21 heavy (non-hydrogen) atoms. The number of hydrogen-bond donors (Lipinski definition) is 1. The van der Waals surface area contributed by atoms with Crippen LogP contribution in [0, 0.1) is 11.3 Å². The quantitative estimate of drug-likeness (QED) is 0.875. The monoisotopic (exact) mass is 282 g/mol. The van der Waals surface area contributed by atoms with Crippen LogP contribution >= 0.6 is 0 Å². The lowest BCUT2D eigenvalue weighted by Gasteiger charge is -2.20. The Morgan fingerprint density at radius 1 is 1.14 bits per heavy atom. The van der Waals surface area contributed by atoms with E-state index in [1.54, 1.807) is 24.3 Å². The van der Waals surface area contributed by atoms with E-state index >= 15 is 0 Å². The Labute approximate surface area is 122 Å². The van der Waals surface area contributed by atoms with Gasteiger partial charge in [0, 0.05) is 17.3 Å². The van der Waals surface area contributed by atoms with E-state index in [-0.39, 0.29) is 6.61 Å². The Hall–Kier alpha value is -2.87. The van der Waals surface area contributed by atoms with E-state index in [1.807, 2.05) is 12.1 Å². The SMILES string of the molecule is N#Cc1ccccc1OCc1cc2c(cc1N)OCCO2. The summed E-state index contributed by atoms with van der Waals surface area (Å²) >= 11 is 0. The topological polar surface area (TPSA) is 77.5 Å². The predicted molar refractivity (Wildman–Crippen MR) is 77.3 cm³/mol. The molecule has 106 valence electrons. The number of nitrogens with two attached hydrogens (primary N) is 1. The number of nitrogen functional groups attached to an aromatic ring is 1. The molecule has 5 nitrogen and oxygen atoms in total. The second-order valence-electron chi connectivity index (χ2n) is 4.59. The molecular formula is C16H14N2O3. The number of anilines is 1. The Bertz CT molecular complexity index is 707. The molecule has 0 bridgehead atoms. The first-order valence-electron chi connectivity index (χ1n) is 6.58. The molecule has 0 fully saturated rings. The predicted octanol–water partition coefficient (Wildman–Crippen LogP) is 2.49. The molecule has 3 rings (SSSR count). The summed E-state index contributed by atoms with van der Waals surface area (Å²) in [7, 11) is 0. The molecule has 0 atom stereocenters. The number of benzene rings is 2. The maximum atomic E-state index is 9.04. The van der Waals surface area contributed by atoms with Crippen molar-refractivity contribution in [2.24, 2.45) is 0 Å². The molecule has 2 N–H and O–H groups in total. The fourth-order valence-electron chi connectivity index (χ4n) is 2.11. The van der Waals surface area contributed by atoms with Gasteiger partial charge in [0.25, 0.3) is 0 Å². The molecule has 1 aliphatic rings. The molecule has 0 saturated carbocycles. The van der Waals surface area contributed by atoms with Crippen molar-refractivity contribution in [3.05, 3.63) is 47.5 Å². The fourth-order valence-corrected chi connectivity index (χ4v) is 2.11. The summed E-state index contributed by atoms with van der Waals surface area (Å²) in [6.07, 6.45) is 0. The van der Waals surface area contributed by atoms with E-state index in [2.05, 4.69) is 6.07 Å². The molecule has 1 heterocycles. The van der Waals surface area contributed by atoms with Gasteiger partial charge < -0.3 is 19.9 Å². The van der Waals surface area contributed by atoms with Crippen LogP contribution in [0.1, 0.15) is 11.1 Å². The summed E-state index contributed by atoms with van der Waals surface area (Å²) in [5.74, 6) is 1.86. The van der Waals surface area contributed by atoms with Crippen LogP contribution in [0.4, 0.5) is 5.69 Å². The van der Waals surface area contributed by atoms with Gasteiger partial charge >= 0.3 is 0 Å². The van der Waals surface area contributed by atoms with Crippen LogP contribution in [0.25, 0.3) is 0 Å². The van der Waals surface area contributed by atoms with Crippen molar-refractivity contribution in [1.29, 1.82) is 5.26 Å². The smallest absolute Gasteiger partial charge is 0.163 e. The number of fused-ring (bicyclic) bond motifs is 1. The van der Waals surface area contributed by atoms with E-state index in [1.165, 1.54) is 0 Å². The van der Waals surface area contributed by atoms with Gasteiger partial charge in [-0.2, -0.15) is 5.26 Å². The lowest BCUT2D eigenvalue weighted by Crippen LogP contribution is -2.16. The van der Waals surface area contributed by atoms with Crippen molar-refractivity contribution < 1.29 is 14.2 Å². The Morgan fingerprint density at radius 3 is 2.62 bits per heavy atom. The maximum absolute atomic E-state index is 9.04. The van der Waals surface area contributed by atoms with Crippen LogP contribution in [-0.2, 0) is 6.61 Å². The van der Waals surface area contributed by atoms with Gasteiger partial charge in [-0.3, -0.25) is 0 Å². The van der Waals surface area contributed by atoms with E-state index < -0.39 is 0 Å². The molecule has 1 aliphatic heterocycles. The lowest BCUT2D eigenvalue weighted by atomic mass is 10.1. The van der Waals surface area contributed by atoms with Crippen molar-refractivity contribution in [3.8, 4) is 23.3 Å². The van der Waals surface area contributed by atoms with Crippen molar-refractivity contribution in [3.63, 3.8) is 0 Å². The zero-order valence-electron chi connectivity index (χ0n) is 11.3. The summed E-state index contributed by atoms with van der Waals surface area (Å²) in [5.41, 5.74) is 7.87. The van der Waals surface area contributed by atoms with Gasteiger partial charge in [0.2, 0.25) is 0 Å². The fraction of sp³-hybridized carbons (Fsp3) is 0.188. The number of hydrogen-bond acceptors (Lipinski definition) is 5. The summed E-state index contributed by atoms with van der Waals surface area (Å²) in [6.45, 7) is 1.31. The minimum Gasteiger partial charge on any atom is -0.487 e. The van der Waals surface area contributed by atoms with Crippen molar-refractivity contribution >= 4 is 5.69 Å². The van der Waals surface area contributed by atoms with Crippen LogP contribution < -0.4 is 19.9 Å². The minimum atomic E-state index is 0.265. The second-order valence-corrected chi connectivity index (χ2v) is 4.59. The number of nitriles is 1. The summed E-state index contributed by atoms with van der Waals surface area (Å²) < 4.78 is 16.7. The third kappa shape index (κ3) is 2.70. The molecule has 0 amide bonds. The second kappa shape index (κ2) is 5.63. The largest absolute Gasteiger partial charge is 0.487 e. The van der Waals surface area contributed by atoms with Gasteiger partial charge in [0.05, 0.1) is 5.56 Å². The van der Waals surface area contributed by atoms with Crippen molar-refractivity contribution in [2.45, 2.75) is 6.61 Å². The van der Waals surface area contributed by atoms with Gasteiger partial charge in [0.1, 0.15) is 31.6 Å². The zero-order chi connectivity index (χ0) is 14.7. The van der Waals surface area contributed by atoms with Crippen LogP contribution in [0.5, 0.6) is 17.2 Å². The molecular weight excluding hydrogens is 268 g/mol. The number of ether oxygens (including phenoxy) is 3. The van der Waals surface area contributed by atoms with Crippen LogP contribution in [0.2, 0.25) is 0 Å². The zero-order valence-corrected chi connectivity index (χ0v) is 11.3. The highest BCUT2D eigenvalue weighted by atomic mass is 16.6. The molecule has 0 radical (unpaired) electrons. The lowest BCUT2D eigenvalue weighted by molar-refractivity contribution is 0.171. The average Bonchev–Trinajstić information content (AvgIpc) is 2.53. The highest BCUT2D eigenvalue weighted by molar-refractivity contribution is 5.58. The van der Waals surface area contributed by atoms with E-state index in [0.717, 1.165) is 5.56 Å². The number of para-hydroxylation sites is 1. The minimum absolute atomic E-state index is 0.265. The molecule has 0 aromatic heterocycles. The molecule has 0 aliphatic carbocycles. The summed E-state index contributed by atoms with van der Waals surface area (Å²) in [6, 6.07) is 12.7. The van der Waals surface area contributed by atoms with Crippen LogP contribution in [0.15, 0.2) is 36.4 Å². The van der Waals surface area contributed by atoms with Crippen molar-refractivity contribution in [2.75, 3.05) is 18.9 Å². The Balaban J connectivity index is 1.81. The maximum Gasteiger partial charge on any atom is 0.163 e. The van der Waals surface area contributed by atoms with Crippen LogP contribution in [0.3, 0.4) is 0 Å². The van der Waals surface area contributed by atoms with Crippen LogP contribution in [-0.4, -0.2) is 13.2 Å². The third-order valence-corrected chi connectivity index (χ3v) is 3.19. The molecule has 5 heteroatoms. The third-order valence-electron chi connectivity index (χ3n) is 3.19. The number of rotatable bonds is 3. The first-order chi connectivity index (χ1) is 10.3. The van der Waals surface area contributed by atoms with E-state index in [4.69, 9.17) is 25.2 Å². The molecule has 0 spiro atoms. The first kappa shape index (κ1) is 13.1. The Morgan fingerprint density at radius 2 is 1.86 bits per heavy atom. The summed E-state index contributed by atoms with van der Waals surface area (Å²) in [5, 5.41) is 9.04. The standard InChI is InChI=1S/C16H14N2O3/c17-9-11-3-1-2-4-14(11)21-10-12-7-15-16(8-13(12)18)20-6-5-19-15/h1-4,7-8H,5-6,10,18H2. The van der Waals surface area contributed by atoms with Gasteiger partial charge in [0.15, 0.2) is 11.5 Å². The highest BCUT2D eigenvalue weighted by Gasteiger charge is 2.15. The molecule has 2 aromatic rings. The van der Waals surface area contributed by atoms with Crippen molar-refractivity contribution in [1.82, 2.24) is 0 Å². The van der Waals surface area contributed by atoms with Gasteiger partial charge in [-0.25, -0.2) is 0 Å². The van der Waals surface area contributed by atoms with Gasteiger partial charge in [-0.05, 0) is 18.2 Å². The van der Waals surface area contributed by atoms with Gasteiger partial charge in [-0.1, -0.05) is 12.1 Å². The molecule has 0 saturated heterocycles. The highest BCUT2D eigenvalue weighted by Crippen LogP contribution is 2.34. The number of nitrogens with zero attached hydrogens (tertiary/aromatic N) is 1. The molecule has 0 unspecified atom stereocenters. The van der Waals surface area contributed by atoms with E-state index in [9.17, 15) is 0 Å². The average molecular weight is 282 g/mol. The first-order valence-corrected chi connectivity index (χ1v) is 6.58. The van der Waals surface area contributed by atoms with Gasteiger partial charge in [-0.15, -0.1) is 0 Å².